The van der Waals surface area contributed by atoms with Crippen LogP contribution in [-0.2, 0) is 21.0 Å². The Morgan fingerprint density at radius 1 is 0.875 bits per heavy atom. The highest BCUT2D eigenvalue weighted by Crippen LogP contribution is 2.44. The van der Waals surface area contributed by atoms with Gasteiger partial charge in [0, 0.05) is 30.2 Å². The summed E-state index contributed by atoms with van der Waals surface area (Å²) in [5.41, 5.74) is -0.289. The third-order valence-electron chi connectivity index (χ3n) is 5.94. The van der Waals surface area contributed by atoms with Crippen LogP contribution in [0.25, 0.3) is 0 Å². The molecule has 0 aliphatic carbocycles. The van der Waals surface area contributed by atoms with Crippen LogP contribution in [-0.4, -0.2) is 35.3 Å². The first kappa shape index (κ1) is 29.4. The number of methoxy groups -OCH3 is 1. The number of benzene rings is 3. The van der Waals surface area contributed by atoms with Gasteiger partial charge in [-0.1, -0.05) is 12.1 Å². The smallest absolute Gasteiger partial charge is 0.416 e. The zero-order valence-corrected chi connectivity index (χ0v) is 21.1. The minimum absolute atomic E-state index is 0.0157. The molecule has 4 rings (SSSR count). The lowest BCUT2D eigenvalue weighted by Gasteiger charge is -2.28. The first-order valence-electron chi connectivity index (χ1n) is 11.3. The van der Waals surface area contributed by atoms with Gasteiger partial charge in [-0.2, -0.15) is 30.4 Å². The largest absolute Gasteiger partial charge is 0.493 e. The topological polar surface area (TPSA) is 71.1 Å². The molecule has 3 aromatic carbocycles. The number of ether oxygens (including phenoxy) is 3. The van der Waals surface area contributed by atoms with Crippen molar-refractivity contribution in [2.75, 3.05) is 26.9 Å². The SMILES string of the molecule is COCCOc1cc(C(F)(F)F)ccc1[C@H]1CCOc2cc(S(=O)(=O)Oc3c(F)c(F)c(F)c(F)c3F)ccc21. The zero-order chi connectivity index (χ0) is 29.4. The molecule has 0 radical (unpaired) electrons. The molecule has 6 nitrogen and oxygen atoms in total. The van der Waals surface area contributed by atoms with Gasteiger partial charge in [-0.05, 0) is 24.6 Å². The van der Waals surface area contributed by atoms with Crippen molar-refractivity contribution in [1.82, 2.24) is 0 Å². The molecule has 0 fully saturated rings. The molecule has 0 aromatic heterocycles. The highest BCUT2D eigenvalue weighted by Gasteiger charge is 2.35. The van der Waals surface area contributed by atoms with Crippen LogP contribution in [0, 0.1) is 29.1 Å². The van der Waals surface area contributed by atoms with Crippen molar-refractivity contribution in [3.63, 3.8) is 0 Å². The van der Waals surface area contributed by atoms with Gasteiger partial charge in [0.25, 0.3) is 0 Å². The van der Waals surface area contributed by atoms with E-state index in [4.69, 9.17) is 14.2 Å². The van der Waals surface area contributed by atoms with E-state index in [-0.39, 0.29) is 37.7 Å². The summed E-state index contributed by atoms with van der Waals surface area (Å²) in [6.07, 6.45) is -4.39. The number of rotatable bonds is 8. The van der Waals surface area contributed by atoms with E-state index in [1.807, 2.05) is 0 Å². The molecule has 3 aromatic rings. The lowest BCUT2D eigenvalue weighted by molar-refractivity contribution is -0.137. The average Bonchev–Trinajstić information content (AvgIpc) is 2.92. The minimum Gasteiger partial charge on any atom is -0.493 e. The molecule has 15 heteroatoms. The van der Waals surface area contributed by atoms with Crippen LogP contribution in [0.5, 0.6) is 17.2 Å². The number of alkyl halides is 3. The summed E-state index contributed by atoms with van der Waals surface area (Å²) in [5.74, 6) is -15.1. The monoisotopic (exact) mass is 598 g/mol. The Morgan fingerprint density at radius 2 is 1.50 bits per heavy atom. The van der Waals surface area contributed by atoms with Crippen molar-refractivity contribution in [2.45, 2.75) is 23.4 Å². The summed E-state index contributed by atoms with van der Waals surface area (Å²) in [6.45, 7) is 0.00954. The summed E-state index contributed by atoms with van der Waals surface area (Å²) >= 11 is 0. The molecule has 0 saturated carbocycles. The summed E-state index contributed by atoms with van der Waals surface area (Å²) in [7, 11) is -3.76. The normalized spacial score (nSPS) is 15.4. The second-order valence-electron chi connectivity index (χ2n) is 8.42. The van der Waals surface area contributed by atoms with E-state index >= 15 is 0 Å². The molecule has 1 aliphatic rings. The van der Waals surface area contributed by atoms with Gasteiger partial charge in [-0.15, -0.1) is 0 Å². The van der Waals surface area contributed by atoms with Gasteiger partial charge in [-0.3, -0.25) is 0 Å². The van der Waals surface area contributed by atoms with Gasteiger partial charge in [0.05, 0.1) is 18.8 Å². The highest BCUT2D eigenvalue weighted by molar-refractivity contribution is 7.87. The maximum Gasteiger partial charge on any atom is 0.416 e. The second-order valence-corrected chi connectivity index (χ2v) is 9.96. The highest BCUT2D eigenvalue weighted by atomic mass is 32.2. The number of halogens is 8. The number of hydrogen-bond acceptors (Lipinski definition) is 6. The zero-order valence-electron chi connectivity index (χ0n) is 20.3. The fourth-order valence-corrected chi connectivity index (χ4v) is 4.97. The molecule has 0 amide bonds. The van der Waals surface area contributed by atoms with E-state index in [1.54, 1.807) is 0 Å². The second kappa shape index (κ2) is 11.1. The molecule has 40 heavy (non-hydrogen) atoms. The third kappa shape index (κ3) is 5.66. The Balaban J connectivity index is 1.71. The molecular weight excluding hydrogens is 580 g/mol. The van der Waals surface area contributed by atoms with Gasteiger partial charge >= 0.3 is 16.3 Å². The van der Waals surface area contributed by atoms with E-state index in [2.05, 4.69) is 4.18 Å². The standard InChI is InChI=1S/C25H18F8O6S/c1-36-8-9-38-17-10-12(25(31,32)33)2-4-15(17)14-6-7-37-18-11-13(3-5-16(14)18)40(34,35)39-24-22(29)20(27)19(26)21(28)23(24)30/h2-5,10-11,14H,6-9H2,1H3/t14-/m1/s1. The molecule has 1 heterocycles. The fraction of sp³-hybridized carbons (Fsp3) is 0.280. The first-order chi connectivity index (χ1) is 18.8. The van der Waals surface area contributed by atoms with Crippen LogP contribution in [0.4, 0.5) is 35.1 Å². The van der Waals surface area contributed by atoms with Crippen molar-refractivity contribution in [3.8, 4) is 17.2 Å². The van der Waals surface area contributed by atoms with E-state index in [1.165, 1.54) is 19.2 Å². The number of hydrogen-bond donors (Lipinski definition) is 0. The lowest BCUT2D eigenvalue weighted by Crippen LogP contribution is -2.19. The predicted octanol–water partition coefficient (Wildman–Crippen LogP) is 6.11. The minimum atomic E-state index is -5.14. The van der Waals surface area contributed by atoms with Crippen LogP contribution in [0.2, 0.25) is 0 Å². The van der Waals surface area contributed by atoms with E-state index in [0.29, 0.717) is 11.1 Å². The van der Waals surface area contributed by atoms with Gasteiger partial charge in [0.1, 0.15) is 23.0 Å². The summed E-state index contributed by atoms with van der Waals surface area (Å²) in [4.78, 5) is -0.750. The van der Waals surface area contributed by atoms with Gasteiger partial charge in [-0.25, -0.2) is 13.2 Å². The summed E-state index contributed by atoms with van der Waals surface area (Å²) < 4.78 is 154. The molecule has 0 spiro atoms. The fourth-order valence-electron chi connectivity index (χ4n) is 4.02. The first-order valence-corrected chi connectivity index (χ1v) is 12.7. The Labute approximate surface area is 222 Å². The molecule has 0 saturated heterocycles. The third-order valence-corrected chi connectivity index (χ3v) is 7.15. The maximum absolute atomic E-state index is 14.0. The number of fused-ring (bicyclic) bond motifs is 1. The van der Waals surface area contributed by atoms with Crippen LogP contribution in [0.1, 0.15) is 29.0 Å². The lowest BCUT2D eigenvalue weighted by atomic mass is 9.85. The van der Waals surface area contributed by atoms with Crippen LogP contribution in [0.15, 0.2) is 41.3 Å². The molecule has 0 bridgehead atoms. The molecule has 216 valence electrons. The Morgan fingerprint density at radius 3 is 2.12 bits per heavy atom. The maximum atomic E-state index is 14.0. The van der Waals surface area contributed by atoms with Crippen molar-refractivity contribution in [1.29, 1.82) is 0 Å². The molecule has 0 unspecified atom stereocenters. The van der Waals surface area contributed by atoms with Gasteiger partial charge in [0.15, 0.2) is 0 Å². The summed E-state index contributed by atoms with van der Waals surface area (Å²) in [5, 5.41) is 0. The average molecular weight is 598 g/mol. The molecule has 1 atom stereocenters. The summed E-state index contributed by atoms with van der Waals surface area (Å²) in [6, 6.07) is 5.98. The van der Waals surface area contributed by atoms with E-state index in [0.717, 1.165) is 24.3 Å². The molecule has 0 N–H and O–H groups in total. The van der Waals surface area contributed by atoms with Crippen LogP contribution in [0.3, 0.4) is 0 Å². The molecular formula is C25H18F8O6S. The Hall–Kier alpha value is -3.59. The van der Waals surface area contributed by atoms with Crippen LogP contribution >= 0.6 is 0 Å². The Kier molecular flexibility index (Phi) is 8.17. The van der Waals surface area contributed by atoms with E-state index in [9.17, 15) is 43.5 Å². The quantitative estimate of drug-likeness (QED) is 0.103. The van der Waals surface area contributed by atoms with Gasteiger partial charge < -0.3 is 18.4 Å². The predicted molar refractivity (Wildman–Crippen MR) is 121 cm³/mol. The van der Waals surface area contributed by atoms with Crippen LogP contribution < -0.4 is 13.7 Å². The molecule has 1 aliphatic heterocycles. The van der Waals surface area contributed by atoms with E-state index < -0.39 is 67.5 Å². The van der Waals surface area contributed by atoms with Crippen molar-refractivity contribution in [3.05, 3.63) is 82.2 Å². The van der Waals surface area contributed by atoms with Gasteiger partial charge in [0.2, 0.25) is 34.8 Å². The Bertz CT molecular complexity index is 1510. The van der Waals surface area contributed by atoms with Crippen molar-refractivity contribution in [2.24, 2.45) is 0 Å². The van der Waals surface area contributed by atoms with Crippen molar-refractivity contribution < 1.29 is 61.9 Å². The van der Waals surface area contributed by atoms with Crippen molar-refractivity contribution >= 4 is 10.1 Å².